The van der Waals surface area contributed by atoms with Crippen molar-refractivity contribution in [2.75, 3.05) is 5.32 Å². The number of amides is 2. The first-order valence-corrected chi connectivity index (χ1v) is 9.99. The molecule has 3 aromatic carbocycles. The fraction of sp³-hybridized carbons (Fsp3) is 0.200. The van der Waals surface area contributed by atoms with Crippen molar-refractivity contribution in [1.82, 2.24) is 5.32 Å². The Kier molecular flexibility index (Phi) is 5.71. The second-order valence-electron chi connectivity index (χ2n) is 7.41. The van der Waals surface area contributed by atoms with Crippen LogP contribution in [0, 0.1) is 5.92 Å². The summed E-state index contributed by atoms with van der Waals surface area (Å²) in [5.74, 6) is -0.226. The predicted molar refractivity (Wildman–Crippen MR) is 114 cm³/mol. The fourth-order valence-electron chi connectivity index (χ4n) is 3.83. The number of anilines is 1. The molecule has 0 radical (unpaired) electrons. The van der Waals surface area contributed by atoms with Crippen LogP contribution in [0.1, 0.15) is 35.6 Å². The Bertz CT molecular complexity index is 946. The van der Waals surface area contributed by atoms with Gasteiger partial charge in [-0.05, 0) is 35.6 Å². The highest BCUT2D eigenvalue weighted by molar-refractivity contribution is 5.96. The molecule has 0 bridgehead atoms. The standard InChI is InChI=1S/C25H24N2O2/c28-23(16-15-21-17-20-13-7-8-14-22(20)26-25(21)29)27-24(18-9-3-1-4-10-18)19-11-5-2-6-12-19/h1-14,21,24H,15-17H2,(H,26,29)(H,27,28). The van der Waals surface area contributed by atoms with Crippen molar-refractivity contribution < 1.29 is 9.59 Å². The zero-order chi connectivity index (χ0) is 20.1. The molecule has 1 unspecified atom stereocenters. The van der Waals surface area contributed by atoms with E-state index in [2.05, 4.69) is 10.6 Å². The van der Waals surface area contributed by atoms with E-state index in [1.807, 2.05) is 84.9 Å². The van der Waals surface area contributed by atoms with Crippen LogP contribution in [0.25, 0.3) is 0 Å². The van der Waals surface area contributed by atoms with E-state index in [0.29, 0.717) is 19.3 Å². The lowest BCUT2D eigenvalue weighted by atomic mass is 9.89. The highest BCUT2D eigenvalue weighted by atomic mass is 16.2. The molecule has 0 aliphatic carbocycles. The maximum atomic E-state index is 12.8. The van der Waals surface area contributed by atoms with Gasteiger partial charge in [0, 0.05) is 18.0 Å². The van der Waals surface area contributed by atoms with Gasteiger partial charge in [0.1, 0.15) is 0 Å². The molecule has 1 heterocycles. The molecule has 4 heteroatoms. The molecule has 29 heavy (non-hydrogen) atoms. The van der Waals surface area contributed by atoms with Gasteiger partial charge in [-0.3, -0.25) is 9.59 Å². The average molecular weight is 384 g/mol. The molecule has 2 N–H and O–H groups in total. The van der Waals surface area contributed by atoms with Crippen LogP contribution >= 0.6 is 0 Å². The minimum absolute atomic E-state index is 0.000770. The molecule has 4 rings (SSSR count). The number of nitrogens with one attached hydrogen (secondary N) is 2. The second-order valence-corrected chi connectivity index (χ2v) is 7.41. The molecule has 0 saturated heterocycles. The summed E-state index contributed by atoms with van der Waals surface area (Å²) in [7, 11) is 0. The molecule has 2 amide bonds. The van der Waals surface area contributed by atoms with Gasteiger partial charge >= 0.3 is 0 Å². The first kappa shape index (κ1) is 18.9. The van der Waals surface area contributed by atoms with Gasteiger partial charge in [-0.15, -0.1) is 0 Å². The van der Waals surface area contributed by atoms with Crippen LogP contribution in [0.5, 0.6) is 0 Å². The van der Waals surface area contributed by atoms with Crippen LogP contribution in [0.2, 0.25) is 0 Å². The van der Waals surface area contributed by atoms with Gasteiger partial charge in [0.05, 0.1) is 6.04 Å². The zero-order valence-corrected chi connectivity index (χ0v) is 16.2. The summed E-state index contributed by atoms with van der Waals surface area (Å²) < 4.78 is 0. The molecule has 1 aliphatic heterocycles. The van der Waals surface area contributed by atoms with Crippen molar-refractivity contribution in [1.29, 1.82) is 0 Å². The highest BCUT2D eigenvalue weighted by Crippen LogP contribution is 2.28. The number of hydrogen-bond acceptors (Lipinski definition) is 2. The topological polar surface area (TPSA) is 58.2 Å². The largest absolute Gasteiger partial charge is 0.345 e. The van der Waals surface area contributed by atoms with Crippen LogP contribution < -0.4 is 10.6 Å². The monoisotopic (exact) mass is 384 g/mol. The molecule has 146 valence electrons. The maximum absolute atomic E-state index is 12.8. The molecule has 3 aromatic rings. The van der Waals surface area contributed by atoms with E-state index in [0.717, 1.165) is 22.4 Å². The van der Waals surface area contributed by atoms with Crippen LogP contribution in [-0.2, 0) is 16.0 Å². The maximum Gasteiger partial charge on any atom is 0.227 e. The number of hydrogen-bond donors (Lipinski definition) is 2. The van der Waals surface area contributed by atoms with Crippen molar-refractivity contribution >= 4 is 17.5 Å². The quantitative estimate of drug-likeness (QED) is 0.658. The third-order valence-electron chi connectivity index (χ3n) is 5.40. The normalized spacial score (nSPS) is 15.5. The molecular formula is C25H24N2O2. The number of rotatable bonds is 6. The SMILES string of the molecule is O=C(CCC1Cc2ccccc2NC1=O)NC(c1ccccc1)c1ccccc1. The number of fused-ring (bicyclic) bond motifs is 1. The average Bonchev–Trinajstić information content (AvgIpc) is 2.77. The third kappa shape index (κ3) is 4.54. The van der Waals surface area contributed by atoms with Gasteiger partial charge in [-0.2, -0.15) is 0 Å². The van der Waals surface area contributed by atoms with Crippen LogP contribution in [0.3, 0.4) is 0 Å². The Balaban J connectivity index is 1.42. The Morgan fingerprint density at radius 1 is 0.897 bits per heavy atom. The summed E-state index contributed by atoms with van der Waals surface area (Å²) in [6.45, 7) is 0. The summed E-state index contributed by atoms with van der Waals surface area (Å²) in [5.41, 5.74) is 4.09. The van der Waals surface area contributed by atoms with E-state index in [9.17, 15) is 9.59 Å². The van der Waals surface area contributed by atoms with Crippen molar-refractivity contribution in [3.8, 4) is 0 Å². The van der Waals surface area contributed by atoms with Crippen LogP contribution in [0.15, 0.2) is 84.9 Å². The summed E-state index contributed by atoms with van der Waals surface area (Å²) >= 11 is 0. The predicted octanol–water partition coefficient (Wildman–Crippen LogP) is 4.48. The smallest absolute Gasteiger partial charge is 0.227 e. The van der Waals surface area contributed by atoms with E-state index in [1.165, 1.54) is 0 Å². The summed E-state index contributed by atoms with van der Waals surface area (Å²) in [6, 6.07) is 27.5. The lowest BCUT2D eigenvalue weighted by Gasteiger charge is -2.25. The number of carbonyl (C=O) groups excluding carboxylic acids is 2. The van der Waals surface area contributed by atoms with E-state index in [4.69, 9.17) is 0 Å². The van der Waals surface area contributed by atoms with Gasteiger partial charge in [0.15, 0.2) is 0 Å². The van der Waals surface area contributed by atoms with E-state index >= 15 is 0 Å². The lowest BCUT2D eigenvalue weighted by Crippen LogP contribution is -2.33. The molecule has 0 saturated carbocycles. The molecule has 0 fully saturated rings. The van der Waals surface area contributed by atoms with Gasteiger partial charge in [0.25, 0.3) is 0 Å². The summed E-state index contributed by atoms with van der Waals surface area (Å²) in [6.07, 6.45) is 1.52. The number of benzene rings is 3. The first-order valence-electron chi connectivity index (χ1n) is 9.99. The highest BCUT2D eigenvalue weighted by Gasteiger charge is 2.26. The summed E-state index contributed by atoms with van der Waals surface area (Å²) in [5, 5.41) is 6.11. The van der Waals surface area contributed by atoms with Gasteiger partial charge in [-0.1, -0.05) is 78.9 Å². The molecular weight excluding hydrogens is 360 g/mol. The minimum atomic E-state index is -0.203. The van der Waals surface area contributed by atoms with Crippen molar-refractivity contribution in [3.05, 3.63) is 102 Å². The van der Waals surface area contributed by atoms with Crippen LogP contribution in [-0.4, -0.2) is 11.8 Å². The number of carbonyl (C=O) groups is 2. The Morgan fingerprint density at radius 2 is 1.48 bits per heavy atom. The van der Waals surface area contributed by atoms with E-state index in [-0.39, 0.29) is 23.8 Å². The Labute approximate surface area is 171 Å². The second kappa shape index (κ2) is 8.74. The number of para-hydroxylation sites is 1. The van der Waals surface area contributed by atoms with Crippen molar-refractivity contribution in [2.45, 2.75) is 25.3 Å². The molecule has 0 aromatic heterocycles. The lowest BCUT2D eigenvalue weighted by molar-refractivity contribution is -0.123. The minimum Gasteiger partial charge on any atom is -0.345 e. The molecule has 1 atom stereocenters. The fourth-order valence-corrected chi connectivity index (χ4v) is 3.83. The van der Waals surface area contributed by atoms with Crippen LogP contribution in [0.4, 0.5) is 5.69 Å². The molecule has 1 aliphatic rings. The van der Waals surface area contributed by atoms with Gasteiger partial charge < -0.3 is 10.6 Å². The van der Waals surface area contributed by atoms with Crippen molar-refractivity contribution in [2.24, 2.45) is 5.92 Å². The summed E-state index contributed by atoms with van der Waals surface area (Å²) in [4.78, 5) is 25.1. The Morgan fingerprint density at radius 3 is 2.14 bits per heavy atom. The zero-order valence-electron chi connectivity index (χ0n) is 16.2. The van der Waals surface area contributed by atoms with E-state index < -0.39 is 0 Å². The first-order chi connectivity index (χ1) is 14.2. The van der Waals surface area contributed by atoms with Crippen molar-refractivity contribution in [3.63, 3.8) is 0 Å². The van der Waals surface area contributed by atoms with Gasteiger partial charge in [-0.25, -0.2) is 0 Å². The molecule has 4 nitrogen and oxygen atoms in total. The van der Waals surface area contributed by atoms with E-state index in [1.54, 1.807) is 0 Å². The Hall–Kier alpha value is -3.40. The van der Waals surface area contributed by atoms with Gasteiger partial charge in [0.2, 0.25) is 11.8 Å². The molecule has 0 spiro atoms. The third-order valence-corrected chi connectivity index (χ3v) is 5.40.